The van der Waals surface area contributed by atoms with Gasteiger partial charge in [-0.1, -0.05) is 0 Å². The minimum atomic E-state index is -0.472. The molecule has 6 heteroatoms. The number of carbonyl (C=O) groups excluding carboxylic acids is 1. The Hall–Kier alpha value is -1.72. The minimum absolute atomic E-state index is 0.0759. The molecule has 0 radical (unpaired) electrons. The van der Waals surface area contributed by atoms with E-state index in [1.165, 1.54) is 0 Å². The van der Waals surface area contributed by atoms with Crippen molar-refractivity contribution in [3.05, 3.63) is 11.9 Å². The maximum Gasteiger partial charge on any atom is 0.410 e. The van der Waals surface area contributed by atoms with E-state index < -0.39 is 5.60 Å². The highest BCUT2D eigenvalue weighted by Crippen LogP contribution is 2.25. The molecule has 0 aliphatic carbocycles. The van der Waals surface area contributed by atoms with Crippen LogP contribution in [0.3, 0.4) is 0 Å². The van der Waals surface area contributed by atoms with Crippen molar-refractivity contribution in [2.45, 2.75) is 52.4 Å². The molecule has 1 atom stereocenters. The number of ether oxygens (including phenoxy) is 1. The highest BCUT2D eigenvalue weighted by Gasteiger charge is 2.32. The van der Waals surface area contributed by atoms with Gasteiger partial charge < -0.3 is 10.1 Å². The van der Waals surface area contributed by atoms with Gasteiger partial charge in [0, 0.05) is 7.05 Å². The summed E-state index contributed by atoms with van der Waals surface area (Å²) in [5.41, 5.74) is 1.51. The number of carbonyl (C=O) groups is 1. The molecule has 0 unspecified atom stereocenters. The maximum absolute atomic E-state index is 12.2. The van der Waals surface area contributed by atoms with Crippen molar-refractivity contribution in [2.75, 3.05) is 12.4 Å². The Morgan fingerprint density at radius 1 is 1.53 bits per heavy atom. The zero-order chi connectivity index (χ0) is 14.2. The van der Waals surface area contributed by atoms with E-state index in [-0.39, 0.29) is 12.1 Å². The van der Waals surface area contributed by atoms with Crippen LogP contribution >= 0.6 is 0 Å². The molecule has 1 amide bonds. The van der Waals surface area contributed by atoms with Crippen LogP contribution in [0.2, 0.25) is 0 Å². The molecule has 0 saturated heterocycles. The van der Waals surface area contributed by atoms with Gasteiger partial charge >= 0.3 is 6.09 Å². The first-order chi connectivity index (χ1) is 8.81. The van der Waals surface area contributed by atoms with E-state index in [9.17, 15) is 4.79 Å². The molecule has 1 aliphatic heterocycles. The number of nitrogens with one attached hydrogen (secondary N) is 1. The van der Waals surface area contributed by atoms with Crippen LogP contribution in [0.15, 0.2) is 6.20 Å². The van der Waals surface area contributed by atoms with Gasteiger partial charge in [-0.2, -0.15) is 5.10 Å². The number of hydrogen-bond acceptors (Lipinski definition) is 4. The lowest BCUT2D eigenvalue weighted by molar-refractivity contribution is 0.00915. The molecule has 1 aliphatic rings. The van der Waals surface area contributed by atoms with E-state index in [1.807, 2.05) is 39.4 Å². The first-order valence-electron chi connectivity index (χ1n) is 6.54. The van der Waals surface area contributed by atoms with Crippen LogP contribution in [-0.4, -0.2) is 39.5 Å². The van der Waals surface area contributed by atoms with E-state index in [2.05, 4.69) is 10.4 Å². The van der Waals surface area contributed by atoms with E-state index in [0.29, 0.717) is 13.1 Å². The van der Waals surface area contributed by atoms with Gasteiger partial charge in [0.05, 0.1) is 36.7 Å². The van der Waals surface area contributed by atoms with Crippen LogP contribution in [0.4, 0.5) is 10.5 Å². The minimum Gasteiger partial charge on any atom is -0.444 e. The Morgan fingerprint density at radius 3 is 2.79 bits per heavy atom. The van der Waals surface area contributed by atoms with Crippen LogP contribution in [0, 0.1) is 0 Å². The zero-order valence-corrected chi connectivity index (χ0v) is 12.2. The Labute approximate surface area is 113 Å². The second-order valence-electron chi connectivity index (χ2n) is 5.89. The van der Waals surface area contributed by atoms with Crippen LogP contribution in [0.1, 0.15) is 33.4 Å². The summed E-state index contributed by atoms with van der Waals surface area (Å²) < 4.78 is 7.39. The summed E-state index contributed by atoms with van der Waals surface area (Å²) in [5.74, 6) is 0. The van der Waals surface area contributed by atoms with Gasteiger partial charge in [-0.3, -0.25) is 9.58 Å². The second kappa shape index (κ2) is 4.75. The molecular weight excluding hydrogens is 244 g/mol. The van der Waals surface area contributed by atoms with Crippen LogP contribution in [-0.2, 0) is 17.8 Å². The third-order valence-electron chi connectivity index (χ3n) is 3.14. The van der Waals surface area contributed by atoms with Crippen LogP contribution < -0.4 is 5.32 Å². The van der Waals surface area contributed by atoms with Gasteiger partial charge in [0.15, 0.2) is 0 Å². The van der Waals surface area contributed by atoms with Crippen molar-refractivity contribution in [2.24, 2.45) is 0 Å². The molecule has 6 nitrogen and oxygen atoms in total. The van der Waals surface area contributed by atoms with Crippen molar-refractivity contribution < 1.29 is 9.53 Å². The maximum atomic E-state index is 12.2. The van der Waals surface area contributed by atoms with E-state index in [4.69, 9.17) is 4.74 Å². The first kappa shape index (κ1) is 13.7. The van der Waals surface area contributed by atoms with Crippen molar-refractivity contribution in [1.29, 1.82) is 0 Å². The van der Waals surface area contributed by atoms with Gasteiger partial charge in [-0.05, 0) is 27.7 Å². The lowest BCUT2D eigenvalue weighted by atomic mass is 10.2. The molecule has 2 heterocycles. The number of anilines is 1. The molecule has 0 saturated carbocycles. The molecule has 1 aromatic heterocycles. The van der Waals surface area contributed by atoms with E-state index in [1.54, 1.807) is 11.1 Å². The van der Waals surface area contributed by atoms with Gasteiger partial charge in [0.1, 0.15) is 5.60 Å². The number of aromatic nitrogens is 2. The quantitative estimate of drug-likeness (QED) is 0.845. The summed E-state index contributed by atoms with van der Waals surface area (Å²) in [6.45, 7) is 8.85. The number of fused-ring (bicyclic) bond motifs is 1. The molecule has 0 bridgehead atoms. The summed E-state index contributed by atoms with van der Waals surface area (Å²) in [7, 11) is 1.85. The van der Waals surface area contributed by atoms with Gasteiger partial charge in [0.2, 0.25) is 0 Å². The highest BCUT2D eigenvalue weighted by molar-refractivity contribution is 5.69. The largest absolute Gasteiger partial charge is 0.444 e. The van der Waals surface area contributed by atoms with Gasteiger partial charge in [0.25, 0.3) is 0 Å². The van der Waals surface area contributed by atoms with E-state index >= 15 is 0 Å². The molecule has 1 N–H and O–H groups in total. The summed E-state index contributed by atoms with van der Waals surface area (Å²) >= 11 is 0. The smallest absolute Gasteiger partial charge is 0.410 e. The third kappa shape index (κ3) is 2.83. The summed E-state index contributed by atoms with van der Waals surface area (Å²) in [4.78, 5) is 14.0. The first-order valence-corrected chi connectivity index (χ1v) is 6.54. The topological polar surface area (TPSA) is 59.4 Å². The fraction of sp³-hybridized carbons (Fsp3) is 0.692. The van der Waals surface area contributed by atoms with Gasteiger partial charge in [-0.25, -0.2) is 4.79 Å². The molecule has 0 spiro atoms. The fourth-order valence-electron chi connectivity index (χ4n) is 2.17. The number of hydrogen-bond donors (Lipinski definition) is 1. The average molecular weight is 266 g/mol. The summed E-state index contributed by atoms with van der Waals surface area (Å²) in [6.07, 6.45) is 1.52. The van der Waals surface area contributed by atoms with Crippen LogP contribution in [0.25, 0.3) is 0 Å². The molecule has 0 fully saturated rings. The van der Waals surface area contributed by atoms with E-state index in [0.717, 1.165) is 11.4 Å². The zero-order valence-electron chi connectivity index (χ0n) is 12.2. The molecule has 106 valence electrons. The van der Waals surface area contributed by atoms with Crippen molar-refractivity contribution >= 4 is 11.8 Å². The second-order valence-corrected chi connectivity index (χ2v) is 5.89. The Balaban J connectivity index is 2.18. The highest BCUT2D eigenvalue weighted by atomic mass is 16.6. The predicted octanol–water partition coefficient (Wildman–Crippen LogP) is 2.06. The Morgan fingerprint density at radius 2 is 2.21 bits per heavy atom. The number of rotatable bonds is 1. The number of amides is 1. The Kier molecular flexibility index (Phi) is 3.43. The third-order valence-corrected chi connectivity index (χ3v) is 3.14. The molecule has 1 aromatic rings. The molecule has 0 aromatic carbocycles. The molecule has 19 heavy (non-hydrogen) atoms. The number of nitrogens with zero attached hydrogens (tertiary/aromatic N) is 3. The lowest BCUT2D eigenvalue weighted by Crippen LogP contribution is -2.47. The molecular formula is C13H22N4O2. The predicted molar refractivity (Wildman–Crippen MR) is 73.0 cm³/mol. The molecule has 2 rings (SSSR count). The standard InChI is InChI=1S/C13H22N4O2/c1-9-7-17-11(10(14-5)6-15-17)8-16(9)12(18)19-13(2,3)4/h6,9,14H,7-8H2,1-5H3/t9-/m0/s1. The van der Waals surface area contributed by atoms with Crippen molar-refractivity contribution in [1.82, 2.24) is 14.7 Å². The fourth-order valence-corrected chi connectivity index (χ4v) is 2.17. The lowest BCUT2D eigenvalue weighted by Gasteiger charge is -2.35. The van der Waals surface area contributed by atoms with Gasteiger partial charge in [-0.15, -0.1) is 0 Å². The SMILES string of the molecule is CNc1cnn2c1CN(C(=O)OC(C)(C)C)[C@@H](C)C2. The van der Waals surface area contributed by atoms with Crippen molar-refractivity contribution in [3.63, 3.8) is 0 Å². The summed E-state index contributed by atoms with van der Waals surface area (Å²) in [5, 5.41) is 7.42. The monoisotopic (exact) mass is 266 g/mol. The van der Waals surface area contributed by atoms with Crippen molar-refractivity contribution in [3.8, 4) is 0 Å². The van der Waals surface area contributed by atoms with Crippen LogP contribution in [0.5, 0.6) is 0 Å². The Bertz CT molecular complexity index is 475. The summed E-state index contributed by atoms with van der Waals surface area (Å²) in [6, 6.07) is 0.0759. The normalized spacial score (nSPS) is 19.0. The average Bonchev–Trinajstić information content (AvgIpc) is 2.67.